The molecule has 0 saturated heterocycles. The minimum Gasteiger partial charge on any atom is -0.304 e. The Balaban J connectivity index is 2.87. The summed E-state index contributed by atoms with van der Waals surface area (Å²) >= 11 is 0. The SMILES string of the molecule is [2H]c1ccc2ncc(C)n2c1. The van der Waals surface area contributed by atoms with Crippen molar-refractivity contribution in [1.82, 2.24) is 9.38 Å². The first-order chi connectivity index (χ1) is 5.27. The van der Waals surface area contributed by atoms with Crippen LogP contribution in [0.15, 0.2) is 30.6 Å². The van der Waals surface area contributed by atoms with Crippen LogP contribution in [0.2, 0.25) is 0 Å². The van der Waals surface area contributed by atoms with Gasteiger partial charge in [0.1, 0.15) is 5.65 Å². The highest BCUT2D eigenvalue weighted by molar-refractivity contribution is 5.39. The van der Waals surface area contributed by atoms with E-state index in [1.165, 1.54) is 0 Å². The second-order valence-electron chi connectivity index (χ2n) is 2.26. The fourth-order valence-corrected chi connectivity index (χ4v) is 0.996. The fourth-order valence-electron chi connectivity index (χ4n) is 0.996. The summed E-state index contributed by atoms with van der Waals surface area (Å²) < 4.78 is 9.27. The summed E-state index contributed by atoms with van der Waals surface area (Å²) in [5.74, 6) is 0. The van der Waals surface area contributed by atoms with Gasteiger partial charge in [0.25, 0.3) is 0 Å². The minimum absolute atomic E-state index is 0.513. The molecule has 0 spiro atoms. The molecule has 10 heavy (non-hydrogen) atoms. The number of fused-ring (bicyclic) bond motifs is 1. The maximum absolute atomic E-state index is 7.36. The second-order valence-corrected chi connectivity index (χ2v) is 2.26. The molecule has 2 aromatic rings. The number of hydrogen-bond donors (Lipinski definition) is 0. The molecule has 0 atom stereocenters. The largest absolute Gasteiger partial charge is 0.304 e. The molecule has 0 saturated carbocycles. The summed E-state index contributed by atoms with van der Waals surface area (Å²) in [6.45, 7) is 1.97. The Hall–Kier alpha value is -1.31. The number of hydrogen-bond acceptors (Lipinski definition) is 1. The summed E-state index contributed by atoms with van der Waals surface area (Å²) in [5, 5.41) is 0. The zero-order valence-corrected chi connectivity index (χ0v) is 5.70. The van der Waals surface area contributed by atoms with E-state index in [1.54, 1.807) is 18.5 Å². The van der Waals surface area contributed by atoms with Crippen LogP contribution in [0.5, 0.6) is 0 Å². The summed E-state index contributed by atoms with van der Waals surface area (Å²) in [4.78, 5) is 4.14. The van der Waals surface area contributed by atoms with Crippen LogP contribution in [0.3, 0.4) is 0 Å². The number of imidazole rings is 1. The van der Waals surface area contributed by atoms with Gasteiger partial charge in [0.15, 0.2) is 0 Å². The standard InChI is InChI=1S/C8H8N2/c1-7-6-9-8-4-2-3-5-10(7)8/h2-6H,1H3/i3D. The van der Waals surface area contributed by atoms with Crippen molar-refractivity contribution < 1.29 is 1.37 Å². The van der Waals surface area contributed by atoms with Crippen LogP contribution in [0.25, 0.3) is 5.65 Å². The summed E-state index contributed by atoms with van der Waals surface area (Å²) in [6, 6.07) is 4.09. The molecule has 0 aliphatic rings. The summed E-state index contributed by atoms with van der Waals surface area (Å²) in [6.07, 6.45) is 3.56. The van der Waals surface area contributed by atoms with E-state index >= 15 is 0 Å². The van der Waals surface area contributed by atoms with Crippen LogP contribution in [0.1, 0.15) is 7.06 Å². The fraction of sp³-hybridized carbons (Fsp3) is 0.125. The van der Waals surface area contributed by atoms with Crippen LogP contribution < -0.4 is 0 Å². The Morgan fingerprint density at radius 1 is 1.70 bits per heavy atom. The first-order valence-electron chi connectivity index (χ1n) is 3.68. The monoisotopic (exact) mass is 133 g/mol. The topological polar surface area (TPSA) is 17.3 Å². The van der Waals surface area contributed by atoms with E-state index in [0.717, 1.165) is 11.3 Å². The first-order valence-corrected chi connectivity index (χ1v) is 3.18. The van der Waals surface area contributed by atoms with Gasteiger partial charge in [0, 0.05) is 18.1 Å². The Morgan fingerprint density at radius 2 is 2.60 bits per heavy atom. The van der Waals surface area contributed by atoms with Gasteiger partial charge in [-0.1, -0.05) is 6.07 Å². The van der Waals surface area contributed by atoms with Gasteiger partial charge in [-0.05, 0) is 19.0 Å². The van der Waals surface area contributed by atoms with Crippen molar-refractivity contribution >= 4 is 5.65 Å². The Labute approximate surface area is 60.5 Å². The molecule has 2 heteroatoms. The third kappa shape index (κ3) is 0.620. The minimum atomic E-state index is 0.513. The van der Waals surface area contributed by atoms with Gasteiger partial charge in [-0.3, -0.25) is 0 Å². The predicted molar refractivity (Wildman–Crippen MR) is 39.9 cm³/mol. The molecule has 0 fully saturated rings. The first kappa shape index (κ1) is 4.50. The molecule has 50 valence electrons. The molecule has 0 N–H and O–H groups in total. The number of aromatic nitrogens is 2. The molecule has 0 aromatic carbocycles. The Bertz CT molecular complexity index is 392. The highest BCUT2D eigenvalue weighted by atomic mass is 15.0. The highest BCUT2D eigenvalue weighted by Gasteiger charge is 1.93. The predicted octanol–water partition coefficient (Wildman–Crippen LogP) is 1.64. The van der Waals surface area contributed by atoms with E-state index in [4.69, 9.17) is 1.37 Å². The maximum atomic E-state index is 7.36. The normalized spacial score (nSPS) is 11.9. The molecule has 0 aliphatic heterocycles. The third-order valence-corrected chi connectivity index (χ3v) is 1.54. The highest BCUT2D eigenvalue weighted by Crippen LogP contribution is 2.02. The molecule has 2 rings (SSSR count). The van der Waals surface area contributed by atoms with E-state index in [2.05, 4.69) is 4.98 Å². The lowest BCUT2D eigenvalue weighted by Crippen LogP contribution is -1.83. The van der Waals surface area contributed by atoms with Gasteiger partial charge in [-0.15, -0.1) is 0 Å². The number of aryl methyl sites for hydroxylation is 1. The molecule has 2 nitrogen and oxygen atoms in total. The molecular weight excluding hydrogens is 124 g/mol. The van der Waals surface area contributed by atoms with E-state index in [-0.39, 0.29) is 0 Å². The van der Waals surface area contributed by atoms with Crippen molar-refractivity contribution in [3.05, 3.63) is 36.3 Å². The molecule has 0 aliphatic carbocycles. The molecule has 0 unspecified atom stereocenters. The van der Waals surface area contributed by atoms with Crippen LogP contribution >= 0.6 is 0 Å². The lowest BCUT2D eigenvalue weighted by Gasteiger charge is -1.91. The summed E-state index contributed by atoms with van der Waals surface area (Å²) in [7, 11) is 0. The van der Waals surface area contributed by atoms with Gasteiger partial charge < -0.3 is 4.40 Å². The number of rotatable bonds is 0. The average molecular weight is 133 g/mol. The van der Waals surface area contributed by atoms with Crippen molar-refractivity contribution in [3.63, 3.8) is 0 Å². The number of pyridine rings is 1. The third-order valence-electron chi connectivity index (χ3n) is 1.54. The molecule has 2 aromatic heterocycles. The van der Waals surface area contributed by atoms with Crippen LogP contribution in [0, 0.1) is 6.92 Å². The zero-order chi connectivity index (χ0) is 7.84. The second kappa shape index (κ2) is 1.84. The molecule has 2 heterocycles. The van der Waals surface area contributed by atoms with Crippen molar-refractivity contribution in [3.8, 4) is 0 Å². The van der Waals surface area contributed by atoms with Crippen LogP contribution in [-0.2, 0) is 0 Å². The van der Waals surface area contributed by atoms with Gasteiger partial charge >= 0.3 is 0 Å². The van der Waals surface area contributed by atoms with Gasteiger partial charge in [-0.2, -0.15) is 0 Å². The van der Waals surface area contributed by atoms with E-state index < -0.39 is 0 Å². The van der Waals surface area contributed by atoms with Crippen molar-refractivity contribution in [2.75, 3.05) is 0 Å². The van der Waals surface area contributed by atoms with E-state index in [0.29, 0.717) is 6.04 Å². The molecule has 0 bridgehead atoms. The average Bonchev–Trinajstić information content (AvgIpc) is 2.33. The van der Waals surface area contributed by atoms with Gasteiger partial charge in [0.05, 0.1) is 1.37 Å². The van der Waals surface area contributed by atoms with Crippen molar-refractivity contribution in [1.29, 1.82) is 0 Å². The van der Waals surface area contributed by atoms with Crippen LogP contribution in [-0.4, -0.2) is 9.38 Å². The van der Waals surface area contributed by atoms with Gasteiger partial charge in [-0.25, -0.2) is 4.98 Å². The molecule has 0 amide bonds. The Kier molecular flexibility index (Phi) is 0.826. The lowest BCUT2D eigenvalue weighted by molar-refractivity contribution is 1.11. The lowest BCUT2D eigenvalue weighted by atomic mass is 10.4. The number of nitrogens with zero attached hydrogens (tertiary/aromatic N) is 2. The van der Waals surface area contributed by atoms with Crippen molar-refractivity contribution in [2.24, 2.45) is 0 Å². The molecule has 0 radical (unpaired) electrons. The summed E-state index contributed by atoms with van der Waals surface area (Å²) in [5.41, 5.74) is 1.97. The van der Waals surface area contributed by atoms with E-state index in [1.807, 2.05) is 17.4 Å². The van der Waals surface area contributed by atoms with Gasteiger partial charge in [0.2, 0.25) is 0 Å². The Morgan fingerprint density at radius 3 is 3.50 bits per heavy atom. The van der Waals surface area contributed by atoms with Crippen LogP contribution in [0.4, 0.5) is 0 Å². The zero-order valence-electron chi connectivity index (χ0n) is 6.70. The maximum Gasteiger partial charge on any atom is 0.136 e. The molecular formula is C8H8N2. The van der Waals surface area contributed by atoms with E-state index in [9.17, 15) is 0 Å². The van der Waals surface area contributed by atoms with Crippen molar-refractivity contribution in [2.45, 2.75) is 6.92 Å². The quantitative estimate of drug-likeness (QED) is 0.534. The smallest absolute Gasteiger partial charge is 0.136 e.